The zero-order valence-electron chi connectivity index (χ0n) is 20.3. The number of fused-ring (bicyclic) bond motifs is 6. The van der Waals surface area contributed by atoms with Crippen molar-refractivity contribution in [2.75, 3.05) is 0 Å². The molecule has 0 amide bonds. The van der Waals surface area contributed by atoms with Crippen LogP contribution >= 0.6 is 0 Å². The van der Waals surface area contributed by atoms with Gasteiger partial charge in [-0.2, -0.15) is 0 Å². The molecule has 0 saturated heterocycles. The molecule has 2 aromatic heterocycles. The zero-order chi connectivity index (χ0) is 23.2. The lowest BCUT2D eigenvalue weighted by Crippen LogP contribution is -2.09. The van der Waals surface area contributed by atoms with E-state index in [0.29, 0.717) is 5.92 Å². The van der Waals surface area contributed by atoms with Crippen molar-refractivity contribution in [2.45, 2.75) is 63.7 Å². The Morgan fingerprint density at radius 2 is 1.51 bits per heavy atom. The van der Waals surface area contributed by atoms with Crippen molar-refractivity contribution in [3.05, 3.63) is 90.1 Å². The molecule has 0 unspecified atom stereocenters. The number of allylic oxidation sites excluding steroid dienone is 2. The largest absolute Gasteiger partial charge is 0.292 e. The van der Waals surface area contributed by atoms with Crippen LogP contribution in [0.1, 0.15) is 74.8 Å². The molecule has 0 aliphatic heterocycles. The molecule has 1 fully saturated rings. The van der Waals surface area contributed by atoms with Crippen LogP contribution < -0.4 is 0 Å². The highest BCUT2D eigenvalue weighted by atomic mass is 15.0. The summed E-state index contributed by atoms with van der Waals surface area (Å²) in [6.07, 6.45) is 16.3. The van der Waals surface area contributed by atoms with Gasteiger partial charge in [-0.25, -0.2) is 4.98 Å². The van der Waals surface area contributed by atoms with Crippen molar-refractivity contribution in [2.24, 2.45) is 0 Å². The van der Waals surface area contributed by atoms with Gasteiger partial charge in [-0.05, 0) is 72.6 Å². The fourth-order valence-corrected chi connectivity index (χ4v) is 6.73. The highest BCUT2D eigenvalue weighted by Crippen LogP contribution is 2.44. The first-order chi connectivity index (χ1) is 17.4. The summed E-state index contributed by atoms with van der Waals surface area (Å²) in [5.74, 6) is 0.639. The number of aromatic nitrogens is 2. The fourth-order valence-electron chi connectivity index (χ4n) is 6.73. The lowest BCUT2D eigenvalue weighted by atomic mass is 9.78. The summed E-state index contributed by atoms with van der Waals surface area (Å²) in [4.78, 5) is 5.09. The van der Waals surface area contributed by atoms with Crippen LogP contribution in [0.2, 0.25) is 0 Å². The monoisotopic (exact) mass is 456 g/mol. The highest BCUT2D eigenvalue weighted by Gasteiger charge is 2.25. The first-order valence-corrected chi connectivity index (χ1v) is 13.5. The smallest absolute Gasteiger partial charge is 0.145 e. The molecule has 2 heterocycles. The molecule has 35 heavy (non-hydrogen) atoms. The van der Waals surface area contributed by atoms with Crippen LogP contribution in [-0.4, -0.2) is 9.38 Å². The second kappa shape index (κ2) is 8.68. The van der Waals surface area contributed by atoms with E-state index in [2.05, 4.69) is 83.4 Å². The molecule has 2 nitrogen and oxygen atoms in total. The molecule has 2 heteroatoms. The number of para-hydroxylation sites is 1. The third kappa shape index (κ3) is 3.42. The van der Waals surface area contributed by atoms with Crippen LogP contribution in [-0.2, 0) is 0 Å². The molecule has 1 saturated carbocycles. The summed E-state index contributed by atoms with van der Waals surface area (Å²) >= 11 is 0. The number of pyridine rings is 1. The Morgan fingerprint density at radius 3 is 2.34 bits per heavy atom. The maximum absolute atomic E-state index is 5.09. The number of hydrogen-bond acceptors (Lipinski definition) is 1. The van der Waals surface area contributed by atoms with Crippen molar-refractivity contribution < 1.29 is 0 Å². The Bertz CT molecular complexity index is 1580. The van der Waals surface area contributed by atoms with E-state index in [1.54, 1.807) is 0 Å². The van der Waals surface area contributed by atoms with Crippen LogP contribution in [0, 0.1) is 0 Å². The molecule has 174 valence electrons. The molecule has 0 bridgehead atoms. The number of nitrogens with zero attached hydrogens (tertiary/aromatic N) is 2. The predicted molar refractivity (Wildman–Crippen MR) is 148 cm³/mol. The van der Waals surface area contributed by atoms with Crippen molar-refractivity contribution in [1.29, 1.82) is 0 Å². The maximum atomic E-state index is 5.09. The van der Waals surface area contributed by atoms with Gasteiger partial charge in [-0.15, -0.1) is 0 Å². The van der Waals surface area contributed by atoms with Crippen LogP contribution in [0.15, 0.2) is 79.0 Å². The van der Waals surface area contributed by atoms with E-state index in [4.69, 9.17) is 4.98 Å². The quantitative estimate of drug-likeness (QED) is 0.247. The Labute approximate surface area is 207 Å². The minimum absolute atomic E-state index is 0.639. The second-order valence-corrected chi connectivity index (χ2v) is 10.4. The molecule has 7 rings (SSSR count). The molecule has 0 radical (unpaired) electrons. The van der Waals surface area contributed by atoms with Crippen molar-refractivity contribution in [3.8, 4) is 11.3 Å². The van der Waals surface area contributed by atoms with Gasteiger partial charge in [-0.3, -0.25) is 4.40 Å². The molecule has 0 N–H and O–H groups in total. The van der Waals surface area contributed by atoms with Gasteiger partial charge in [0.2, 0.25) is 0 Å². The molecular formula is C33H32N2. The van der Waals surface area contributed by atoms with Gasteiger partial charge in [-0.1, -0.05) is 86.0 Å². The van der Waals surface area contributed by atoms with E-state index in [0.717, 1.165) is 5.65 Å². The average molecular weight is 457 g/mol. The van der Waals surface area contributed by atoms with Crippen LogP contribution in [0.5, 0.6) is 0 Å². The van der Waals surface area contributed by atoms with Crippen LogP contribution in [0.4, 0.5) is 0 Å². The Morgan fingerprint density at radius 1 is 0.714 bits per heavy atom. The third-order valence-electron chi connectivity index (χ3n) is 8.40. The number of hydrogen-bond donors (Lipinski definition) is 0. The third-order valence-corrected chi connectivity index (χ3v) is 8.40. The first-order valence-electron chi connectivity index (χ1n) is 13.5. The number of benzene rings is 3. The summed E-state index contributed by atoms with van der Waals surface area (Å²) in [7, 11) is 0. The van der Waals surface area contributed by atoms with E-state index < -0.39 is 0 Å². The lowest BCUT2D eigenvalue weighted by Gasteiger charge is -2.27. The summed E-state index contributed by atoms with van der Waals surface area (Å²) < 4.78 is 2.45. The van der Waals surface area contributed by atoms with Crippen molar-refractivity contribution >= 4 is 32.9 Å². The topological polar surface area (TPSA) is 17.3 Å². The molecule has 3 aromatic carbocycles. The van der Waals surface area contributed by atoms with Crippen LogP contribution in [0.3, 0.4) is 0 Å². The van der Waals surface area contributed by atoms with Gasteiger partial charge in [0.05, 0.1) is 17.4 Å². The molecule has 5 aromatic rings. The van der Waals surface area contributed by atoms with E-state index in [1.165, 1.54) is 107 Å². The summed E-state index contributed by atoms with van der Waals surface area (Å²) in [6.45, 7) is 0. The molecule has 0 spiro atoms. The summed E-state index contributed by atoms with van der Waals surface area (Å²) in [5, 5.41) is 3.80. The normalized spacial score (nSPS) is 17.3. The SMILES string of the molecule is C1=C(c2cccc(C3CCCCC3)c2-c2cnc3c4ccccc4c4ccccc4n23)CCCC1. The van der Waals surface area contributed by atoms with Gasteiger partial charge in [0.15, 0.2) is 0 Å². The van der Waals surface area contributed by atoms with E-state index >= 15 is 0 Å². The fraction of sp³-hybridized carbons (Fsp3) is 0.303. The number of imidazole rings is 1. The highest BCUT2D eigenvalue weighted by molar-refractivity contribution is 6.12. The van der Waals surface area contributed by atoms with Crippen molar-refractivity contribution in [1.82, 2.24) is 9.38 Å². The Hall–Kier alpha value is -3.39. The maximum Gasteiger partial charge on any atom is 0.145 e. The summed E-state index contributed by atoms with van der Waals surface area (Å²) in [6, 6.07) is 24.7. The molecular weight excluding hydrogens is 424 g/mol. The van der Waals surface area contributed by atoms with Gasteiger partial charge in [0, 0.05) is 16.3 Å². The lowest BCUT2D eigenvalue weighted by molar-refractivity contribution is 0.444. The minimum atomic E-state index is 0.639. The number of rotatable bonds is 3. The Balaban J connectivity index is 1.58. The predicted octanol–water partition coefficient (Wildman–Crippen LogP) is 9.31. The Kier molecular flexibility index (Phi) is 5.19. The van der Waals surface area contributed by atoms with Crippen LogP contribution in [0.25, 0.3) is 44.2 Å². The summed E-state index contributed by atoms with van der Waals surface area (Å²) in [5.41, 5.74) is 9.50. The van der Waals surface area contributed by atoms with E-state index in [-0.39, 0.29) is 0 Å². The average Bonchev–Trinajstić information content (AvgIpc) is 3.39. The standard InChI is InChI=1S/C33H32N2/c1-3-12-23(13-4-1)25-19-11-20-26(24-14-5-2-6-15-24)32(25)31-22-34-33-29-18-8-7-16-27(29)28-17-9-10-21-30(28)35(31)33/h7-12,16-22,24H,1-6,13-15H2. The van der Waals surface area contributed by atoms with Gasteiger partial charge >= 0.3 is 0 Å². The van der Waals surface area contributed by atoms with Gasteiger partial charge in [0.25, 0.3) is 0 Å². The van der Waals surface area contributed by atoms with E-state index in [1.807, 2.05) is 0 Å². The van der Waals surface area contributed by atoms with E-state index in [9.17, 15) is 0 Å². The first kappa shape index (κ1) is 20.9. The molecule has 2 aliphatic carbocycles. The molecule has 2 aliphatic rings. The minimum Gasteiger partial charge on any atom is -0.292 e. The van der Waals surface area contributed by atoms with Crippen molar-refractivity contribution in [3.63, 3.8) is 0 Å². The van der Waals surface area contributed by atoms with Gasteiger partial charge in [0.1, 0.15) is 5.65 Å². The molecule has 0 atom stereocenters. The second-order valence-electron chi connectivity index (χ2n) is 10.4. The van der Waals surface area contributed by atoms with Gasteiger partial charge < -0.3 is 0 Å². The zero-order valence-corrected chi connectivity index (χ0v) is 20.3.